The Balaban J connectivity index is 1.78. The molecule has 3 aromatic carbocycles. The van der Waals surface area contributed by atoms with E-state index in [1.54, 1.807) is 16.3 Å². The number of carbonyl (C=O) groups is 2. The molecule has 0 aliphatic rings. The number of fused-ring (bicyclic) bond motifs is 1. The van der Waals surface area contributed by atoms with Crippen LogP contribution in [0.4, 0.5) is 5.69 Å². The maximum absolute atomic E-state index is 11.7. The molecular weight excluding hydrogens is 408 g/mol. The van der Waals surface area contributed by atoms with Gasteiger partial charge in [-0.2, -0.15) is 0 Å². The summed E-state index contributed by atoms with van der Waals surface area (Å²) in [7, 11) is 0. The van der Waals surface area contributed by atoms with E-state index in [0.29, 0.717) is 5.69 Å². The number of aliphatic carboxylic acids is 1. The largest absolute Gasteiger partial charge is 0.480 e. The maximum atomic E-state index is 11.7. The van der Waals surface area contributed by atoms with Gasteiger partial charge in [-0.1, -0.05) is 60.3 Å². The molecule has 0 fully saturated rings. The Hall–Kier alpha value is -3.51. The van der Waals surface area contributed by atoms with Crippen molar-refractivity contribution in [3.63, 3.8) is 0 Å². The summed E-state index contributed by atoms with van der Waals surface area (Å²) in [5, 5.41) is 13.1. The summed E-state index contributed by atoms with van der Waals surface area (Å²) in [6, 6.07) is 24.0. The van der Waals surface area contributed by atoms with Crippen LogP contribution in [0.5, 0.6) is 0 Å². The van der Waals surface area contributed by atoms with Gasteiger partial charge in [-0.15, -0.1) is 0 Å². The minimum absolute atomic E-state index is 0.140. The van der Waals surface area contributed by atoms with Crippen LogP contribution in [0.25, 0.3) is 22.0 Å². The Morgan fingerprint density at radius 2 is 1.61 bits per heavy atom. The van der Waals surface area contributed by atoms with Gasteiger partial charge in [0.15, 0.2) is 0 Å². The molecule has 0 saturated carbocycles. The summed E-state index contributed by atoms with van der Waals surface area (Å²) in [4.78, 5) is 25.2. The standard InChI is InChI=1S/C25H22N2O3S/c1-16-25(31-20-13-11-19(12-14-20)18-7-4-3-5-8-18)24-21(26-17(2)28)9-6-10-22(24)27(16)15-23(29)30/h3-14H,15H2,1-2H3,(H,26,28)(H,29,30). The van der Waals surface area contributed by atoms with Crippen LogP contribution in [-0.2, 0) is 16.1 Å². The lowest BCUT2D eigenvalue weighted by Gasteiger charge is -2.08. The first-order valence-electron chi connectivity index (χ1n) is 9.88. The highest BCUT2D eigenvalue weighted by atomic mass is 32.2. The Morgan fingerprint density at radius 1 is 0.935 bits per heavy atom. The molecule has 1 aromatic heterocycles. The fourth-order valence-corrected chi connectivity index (χ4v) is 4.79. The van der Waals surface area contributed by atoms with Crippen molar-refractivity contribution in [3.05, 3.63) is 78.5 Å². The van der Waals surface area contributed by atoms with Crippen LogP contribution < -0.4 is 5.32 Å². The van der Waals surface area contributed by atoms with E-state index in [1.807, 2.05) is 43.3 Å². The number of hydrogen-bond acceptors (Lipinski definition) is 3. The molecule has 4 rings (SSSR count). The Labute approximate surface area is 184 Å². The molecule has 31 heavy (non-hydrogen) atoms. The van der Waals surface area contributed by atoms with Crippen LogP contribution in [0.2, 0.25) is 0 Å². The van der Waals surface area contributed by atoms with Crippen LogP contribution in [0.15, 0.2) is 82.6 Å². The van der Waals surface area contributed by atoms with E-state index in [-0.39, 0.29) is 12.5 Å². The Morgan fingerprint density at radius 3 is 2.26 bits per heavy atom. The zero-order chi connectivity index (χ0) is 22.0. The lowest BCUT2D eigenvalue weighted by molar-refractivity contribution is -0.137. The van der Waals surface area contributed by atoms with Crippen molar-refractivity contribution in [3.8, 4) is 11.1 Å². The quantitative estimate of drug-likeness (QED) is 0.405. The van der Waals surface area contributed by atoms with Gasteiger partial charge in [-0.3, -0.25) is 9.59 Å². The van der Waals surface area contributed by atoms with Gasteiger partial charge in [0.25, 0.3) is 0 Å². The number of carbonyl (C=O) groups excluding carboxylic acids is 1. The lowest BCUT2D eigenvalue weighted by Crippen LogP contribution is -2.10. The molecule has 1 heterocycles. The SMILES string of the molecule is CC(=O)Nc1cccc2c1c(Sc1ccc(-c3ccccc3)cc1)c(C)n2CC(=O)O. The minimum Gasteiger partial charge on any atom is -0.480 e. The molecule has 0 unspecified atom stereocenters. The molecule has 0 spiro atoms. The summed E-state index contributed by atoms with van der Waals surface area (Å²) in [5.74, 6) is -1.08. The van der Waals surface area contributed by atoms with Crippen LogP contribution in [0, 0.1) is 6.92 Å². The predicted octanol–water partition coefficient (Wildman–Crippen LogP) is 5.81. The first kappa shape index (κ1) is 20.8. The number of rotatable bonds is 6. The van der Waals surface area contributed by atoms with Crippen molar-refractivity contribution < 1.29 is 14.7 Å². The smallest absolute Gasteiger partial charge is 0.323 e. The summed E-state index contributed by atoms with van der Waals surface area (Å²) in [6.45, 7) is 3.25. The highest BCUT2D eigenvalue weighted by molar-refractivity contribution is 7.99. The first-order valence-corrected chi connectivity index (χ1v) is 10.7. The highest BCUT2D eigenvalue weighted by Crippen LogP contribution is 2.42. The van der Waals surface area contributed by atoms with E-state index in [4.69, 9.17) is 0 Å². The second-order valence-electron chi connectivity index (χ2n) is 7.27. The molecule has 0 bridgehead atoms. The number of nitrogens with zero attached hydrogens (tertiary/aromatic N) is 1. The van der Waals surface area contributed by atoms with Crippen molar-refractivity contribution in [2.24, 2.45) is 0 Å². The summed E-state index contributed by atoms with van der Waals surface area (Å²) in [5.41, 5.74) is 4.61. The molecule has 4 aromatic rings. The number of aromatic nitrogens is 1. The highest BCUT2D eigenvalue weighted by Gasteiger charge is 2.20. The van der Waals surface area contributed by atoms with Crippen LogP contribution in [0.3, 0.4) is 0 Å². The summed E-state index contributed by atoms with van der Waals surface area (Å²) >= 11 is 1.57. The van der Waals surface area contributed by atoms with Gasteiger partial charge in [0.05, 0.1) is 11.2 Å². The molecule has 1 amide bonds. The fraction of sp³-hybridized carbons (Fsp3) is 0.120. The normalized spacial score (nSPS) is 10.9. The zero-order valence-corrected chi connectivity index (χ0v) is 18.1. The van der Waals surface area contributed by atoms with E-state index in [9.17, 15) is 14.7 Å². The Kier molecular flexibility index (Phi) is 5.82. The molecule has 2 N–H and O–H groups in total. The summed E-state index contributed by atoms with van der Waals surface area (Å²) in [6.07, 6.45) is 0. The second kappa shape index (κ2) is 8.70. The van der Waals surface area contributed by atoms with Gasteiger partial charge in [0.1, 0.15) is 6.54 Å². The van der Waals surface area contributed by atoms with Gasteiger partial charge in [-0.25, -0.2) is 0 Å². The lowest BCUT2D eigenvalue weighted by atomic mass is 10.1. The van der Waals surface area contributed by atoms with E-state index in [1.165, 1.54) is 6.92 Å². The fourth-order valence-electron chi connectivity index (χ4n) is 3.71. The molecular formula is C25H22N2O3S. The number of benzene rings is 3. The number of carboxylic acids is 1. The van der Waals surface area contributed by atoms with E-state index < -0.39 is 5.97 Å². The monoisotopic (exact) mass is 430 g/mol. The maximum Gasteiger partial charge on any atom is 0.323 e. The molecule has 6 heteroatoms. The second-order valence-corrected chi connectivity index (χ2v) is 8.35. The molecule has 0 aliphatic heterocycles. The van der Waals surface area contributed by atoms with Crippen LogP contribution in [0.1, 0.15) is 12.6 Å². The van der Waals surface area contributed by atoms with E-state index >= 15 is 0 Å². The number of amides is 1. The van der Waals surface area contributed by atoms with Gasteiger partial charge >= 0.3 is 5.97 Å². The van der Waals surface area contributed by atoms with Crippen LogP contribution >= 0.6 is 11.8 Å². The third-order valence-electron chi connectivity index (χ3n) is 5.08. The van der Waals surface area contributed by atoms with Gasteiger partial charge < -0.3 is 15.0 Å². The third-order valence-corrected chi connectivity index (χ3v) is 6.29. The molecule has 5 nitrogen and oxygen atoms in total. The van der Waals surface area contributed by atoms with Crippen molar-refractivity contribution in [1.82, 2.24) is 4.57 Å². The molecule has 0 atom stereocenters. The molecule has 0 aliphatic carbocycles. The number of carboxylic acid groups (broad SMARTS) is 1. The minimum atomic E-state index is -0.909. The van der Waals surface area contributed by atoms with Crippen molar-refractivity contribution in [2.75, 3.05) is 5.32 Å². The van der Waals surface area contributed by atoms with E-state index in [0.717, 1.165) is 37.5 Å². The number of hydrogen-bond donors (Lipinski definition) is 2. The topological polar surface area (TPSA) is 71.3 Å². The predicted molar refractivity (Wildman–Crippen MR) is 125 cm³/mol. The Bertz CT molecular complexity index is 1260. The average Bonchev–Trinajstić information content (AvgIpc) is 3.01. The van der Waals surface area contributed by atoms with Gasteiger partial charge in [0, 0.05) is 27.8 Å². The first-order chi connectivity index (χ1) is 14.9. The van der Waals surface area contributed by atoms with Crippen molar-refractivity contribution in [1.29, 1.82) is 0 Å². The average molecular weight is 431 g/mol. The van der Waals surface area contributed by atoms with Crippen LogP contribution in [-0.4, -0.2) is 21.6 Å². The third kappa shape index (κ3) is 4.34. The molecule has 0 radical (unpaired) electrons. The van der Waals surface area contributed by atoms with Gasteiger partial charge in [-0.05, 0) is 42.3 Å². The molecule has 156 valence electrons. The number of nitrogens with one attached hydrogen (secondary N) is 1. The van der Waals surface area contributed by atoms with E-state index in [2.05, 4.69) is 41.7 Å². The number of anilines is 1. The van der Waals surface area contributed by atoms with Gasteiger partial charge in [0.2, 0.25) is 5.91 Å². The summed E-state index contributed by atoms with van der Waals surface area (Å²) < 4.78 is 1.78. The molecule has 0 saturated heterocycles. The van der Waals surface area contributed by atoms with Crippen molar-refractivity contribution >= 4 is 40.2 Å². The zero-order valence-electron chi connectivity index (χ0n) is 17.3. The van der Waals surface area contributed by atoms with Crippen molar-refractivity contribution in [2.45, 2.75) is 30.2 Å².